The van der Waals surface area contributed by atoms with E-state index in [0.29, 0.717) is 0 Å². The minimum Gasteiger partial charge on any atom is -0.316 e. The van der Waals surface area contributed by atoms with E-state index in [1.807, 2.05) is 7.05 Å². The minimum atomic E-state index is 1.09. The Labute approximate surface area is 87.0 Å². The van der Waals surface area contributed by atoms with Gasteiger partial charge in [0, 0.05) is 12.1 Å². The summed E-state index contributed by atoms with van der Waals surface area (Å²) in [6.07, 6.45) is 7.88. The van der Waals surface area contributed by atoms with E-state index in [9.17, 15) is 0 Å². The molecular weight excluding hydrogens is 172 g/mol. The number of unbranched alkanes of at least 4 members (excludes halogenated alkanes) is 1. The zero-order valence-electron chi connectivity index (χ0n) is 9.29. The van der Waals surface area contributed by atoms with Crippen molar-refractivity contribution < 1.29 is 4.57 Å². The molecule has 0 aliphatic rings. The standard InChI is InChI=1S/C12H21N2/c1-3-4-8-13-9-5-12-6-10-14(2)11-7-12/h6-7,10-11,13H,3-5,8-9H2,1-2H3/q+1. The van der Waals surface area contributed by atoms with E-state index in [0.717, 1.165) is 19.5 Å². The SMILES string of the molecule is CCCCNCCc1cc[n+](C)cc1. The lowest BCUT2D eigenvalue weighted by molar-refractivity contribution is -0.671. The Morgan fingerprint density at radius 2 is 1.93 bits per heavy atom. The Morgan fingerprint density at radius 3 is 2.57 bits per heavy atom. The summed E-state index contributed by atoms with van der Waals surface area (Å²) in [4.78, 5) is 0. The van der Waals surface area contributed by atoms with E-state index in [4.69, 9.17) is 0 Å². The number of pyridine rings is 1. The Hall–Kier alpha value is -0.890. The van der Waals surface area contributed by atoms with Gasteiger partial charge in [-0.15, -0.1) is 0 Å². The van der Waals surface area contributed by atoms with Crippen LogP contribution >= 0.6 is 0 Å². The zero-order valence-corrected chi connectivity index (χ0v) is 9.29. The molecule has 0 saturated carbocycles. The Morgan fingerprint density at radius 1 is 1.21 bits per heavy atom. The Bertz CT molecular complexity index is 241. The molecule has 1 aromatic rings. The third-order valence-corrected chi connectivity index (χ3v) is 2.35. The molecule has 0 aromatic carbocycles. The van der Waals surface area contributed by atoms with E-state index in [2.05, 4.69) is 41.3 Å². The maximum atomic E-state index is 3.44. The molecule has 0 saturated heterocycles. The van der Waals surface area contributed by atoms with Gasteiger partial charge in [-0.05, 0) is 31.5 Å². The molecule has 14 heavy (non-hydrogen) atoms. The summed E-state index contributed by atoms with van der Waals surface area (Å²) in [5, 5.41) is 3.44. The van der Waals surface area contributed by atoms with Gasteiger partial charge in [0.05, 0.1) is 0 Å². The van der Waals surface area contributed by atoms with Gasteiger partial charge in [-0.25, -0.2) is 4.57 Å². The largest absolute Gasteiger partial charge is 0.316 e. The molecule has 1 heterocycles. The van der Waals surface area contributed by atoms with Gasteiger partial charge in [0.1, 0.15) is 7.05 Å². The smallest absolute Gasteiger partial charge is 0.168 e. The summed E-state index contributed by atoms with van der Waals surface area (Å²) in [5.74, 6) is 0. The number of nitrogens with one attached hydrogen (secondary N) is 1. The third kappa shape index (κ3) is 4.38. The maximum Gasteiger partial charge on any atom is 0.168 e. The van der Waals surface area contributed by atoms with Crippen molar-refractivity contribution in [2.45, 2.75) is 26.2 Å². The van der Waals surface area contributed by atoms with Crippen LogP contribution in [-0.4, -0.2) is 13.1 Å². The molecule has 1 aromatic heterocycles. The molecule has 2 nitrogen and oxygen atoms in total. The monoisotopic (exact) mass is 193 g/mol. The molecule has 0 unspecified atom stereocenters. The van der Waals surface area contributed by atoms with Crippen molar-refractivity contribution in [2.75, 3.05) is 13.1 Å². The average Bonchev–Trinajstić information content (AvgIpc) is 2.21. The number of hydrogen-bond donors (Lipinski definition) is 1. The molecule has 0 atom stereocenters. The van der Waals surface area contributed by atoms with Crippen LogP contribution in [0, 0.1) is 0 Å². The molecule has 1 rings (SSSR count). The first-order valence-corrected chi connectivity index (χ1v) is 5.48. The predicted molar refractivity (Wildman–Crippen MR) is 59.1 cm³/mol. The fourth-order valence-corrected chi connectivity index (χ4v) is 1.36. The third-order valence-electron chi connectivity index (χ3n) is 2.35. The van der Waals surface area contributed by atoms with Crippen LogP contribution in [0.25, 0.3) is 0 Å². The summed E-state index contributed by atoms with van der Waals surface area (Å²) in [6, 6.07) is 4.36. The van der Waals surface area contributed by atoms with Crippen molar-refractivity contribution >= 4 is 0 Å². The van der Waals surface area contributed by atoms with Gasteiger partial charge in [-0.2, -0.15) is 0 Å². The first-order chi connectivity index (χ1) is 6.83. The zero-order chi connectivity index (χ0) is 10.2. The van der Waals surface area contributed by atoms with E-state index in [1.165, 1.54) is 18.4 Å². The quantitative estimate of drug-likeness (QED) is 0.534. The van der Waals surface area contributed by atoms with Gasteiger partial charge in [0.2, 0.25) is 0 Å². The number of aromatic nitrogens is 1. The summed E-state index contributed by atoms with van der Waals surface area (Å²) in [6.45, 7) is 4.46. The van der Waals surface area contributed by atoms with Crippen molar-refractivity contribution in [3.8, 4) is 0 Å². The van der Waals surface area contributed by atoms with E-state index >= 15 is 0 Å². The average molecular weight is 193 g/mol. The lowest BCUT2D eigenvalue weighted by Gasteiger charge is -2.02. The fraction of sp³-hybridized carbons (Fsp3) is 0.583. The molecule has 0 spiro atoms. The fourth-order valence-electron chi connectivity index (χ4n) is 1.36. The Kier molecular flexibility index (Phi) is 5.23. The molecule has 0 fully saturated rings. The molecule has 0 aliphatic heterocycles. The van der Waals surface area contributed by atoms with E-state index in [-0.39, 0.29) is 0 Å². The first-order valence-electron chi connectivity index (χ1n) is 5.48. The highest BCUT2D eigenvalue weighted by atomic mass is 14.9. The summed E-state index contributed by atoms with van der Waals surface area (Å²) < 4.78 is 2.06. The van der Waals surface area contributed by atoms with Gasteiger partial charge in [-0.1, -0.05) is 13.3 Å². The van der Waals surface area contributed by atoms with Crippen molar-refractivity contribution in [3.05, 3.63) is 30.1 Å². The number of rotatable bonds is 6. The molecule has 0 bridgehead atoms. The van der Waals surface area contributed by atoms with Crippen molar-refractivity contribution in [1.82, 2.24) is 5.32 Å². The highest BCUT2D eigenvalue weighted by Gasteiger charge is 1.95. The lowest BCUT2D eigenvalue weighted by Crippen LogP contribution is -2.26. The molecule has 2 heteroatoms. The van der Waals surface area contributed by atoms with Gasteiger partial charge in [0.15, 0.2) is 12.4 Å². The van der Waals surface area contributed by atoms with Crippen molar-refractivity contribution in [2.24, 2.45) is 7.05 Å². The van der Waals surface area contributed by atoms with Gasteiger partial charge in [0.25, 0.3) is 0 Å². The molecule has 78 valence electrons. The highest BCUT2D eigenvalue weighted by molar-refractivity contribution is 5.07. The Balaban J connectivity index is 2.15. The first kappa shape index (κ1) is 11.2. The maximum absolute atomic E-state index is 3.44. The van der Waals surface area contributed by atoms with Crippen LogP contribution in [0.15, 0.2) is 24.5 Å². The van der Waals surface area contributed by atoms with Crippen LogP contribution < -0.4 is 9.88 Å². The normalized spacial score (nSPS) is 10.4. The minimum absolute atomic E-state index is 1.09. The van der Waals surface area contributed by atoms with Crippen LogP contribution in [0.1, 0.15) is 25.3 Å². The van der Waals surface area contributed by atoms with Crippen LogP contribution in [0.2, 0.25) is 0 Å². The predicted octanol–water partition coefficient (Wildman–Crippen LogP) is 1.44. The van der Waals surface area contributed by atoms with Crippen molar-refractivity contribution in [1.29, 1.82) is 0 Å². The van der Waals surface area contributed by atoms with Gasteiger partial charge in [-0.3, -0.25) is 0 Å². The van der Waals surface area contributed by atoms with E-state index < -0.39 is 0 Å². The summed E-state index contributed by atoms with van der Waals surface area (Å²) in [5.41, 5.74) is 1.41. The summed E-state index contributed by atoms with van der Waals surface area (Å²) >= 11 is 0. The second kappa shape index (κ2) is 6.55. The molecular formula is C12H21N2+. The lowest BCUT2D eigenvalue weighted by atomic mass is 10.2. The topological polar surface area (TPSA) is 15.9 Å². The molecule has 0 radical (unpaired) electrons. The second-order valence-corrected chi connectivity index (χ2v) is 3.73. The van der Waals surface area contributed by atoms with Crippen LogP contribution in [0.4, 0.5) is 0 Å². The van der Waals surface area contributed by atoms with Crippen LogP contribution in [0.3, 0.4) is 0 Å². The summed E-state index contributed by atoms with van der Waals surface area (Å²) in [7, 11) is 2.04. The molecule has 1 N–H and O–H groups in total. The van der Waals surface area contributed by atoms with Crippen LogP contribution in [0.5, 0.6) is 0 Å². The van der Waals surface area contributed by atoms with Crippen molar-refractivity contribution in [3.63, 3.8) is 0 Å². The van der Waals surface area contributed by atoms with E-state index in [1.54, 1.807) is 0 Å². The van der Waals surface area contributed by atoms with Gasteiger partial charge >= 0.3 is 0 Å². The number of hydrogen-bond acceptors (Lipinski definition) is 1. The molecule has 0 aliphatic carbocycles. The highest BCUT2D eigenvalue weighted by Crippen LogP contribution is 1.95. The molecule has 0 amide bonds. The van der Waals surface area contributed by atoms with Crippen LogP contribution in [-0.2, 0) is 13.5 Å². The number of nitrogens with zero attached hydrogens (tertiary/aromatic N) is 1. The second-order valence-electron chi connectivity index (χ2n) is 3.73. The van der Waals surface area contributed by atoms with Gasteiger partial charge < -0.3 is 5.32 Å². The number of aryl methyl sites for hydroxylation is 1.